The molecule has 1 aromatic rings. The predicted molar refractivity (Wildman–Crippen MR) is 54.0 cm³/mol. The molecular weight excluding hydrogens is 185 g/mol. The zero-order chi connectivity index (χ0) is 9.68. The van der Waals surface area contributed by atoms with Crippen molar-refractivity contribution >= 4 is 18.7 Å². The number of nitriles is 1. The molecule has 0 saturated carbocycles. The molecule has 1 rings (SSSR count). The Morgan fingerprint density at radius 3 is 2.85 bits per heavy atom. The maximum atomic E-state index is 13.1. The van der Waals surface area contributed by atoms with Gasteiger partial charge in [-0.1, -0.05) is 18.2 Å². The van der Waals surface area contributed by atoms with Crippen molar-refractivity contribution in [1.29, 1.82) is 5.26 Å². The Morgan fingerprint density at radius 2 is 2.31 bits per heavy atom. The van der Waals surface area contributed by atoms with E-state index in [2.05, 4.69) is 12.6 Å². The van der Waals surface area contributed by atoms with Gasteiger partial charge in [0, 0.05) is 11.3 Å². The Hall–Kier alpha value is -1.27. The molecule has 13 heavy (non-hydrogen) atoms. The summed E-state index contributed by atoms with van der Waals surface area (Å²) in [6, 6.07) is 6.25. The van der Waals surface area contributed by atoms with Gasteiger partial charge in [-0.15, -0.1) is 0 Å². The highest BCUT2D eigenvalue weighted by Gasteiger charge is 1.98. The molecule has 3 heteroatoms. The van der Waals surface area contributed by atoms with E-state index in [1.54, 1.807) is 24.3 Å². The van der Waals surface area contributed by atoms with E-state index >= 15 is 0 Å². The summed E-state index contributed by atoms with van der Waals surface area (Å²) in [6.45, 7) is 0. The minimum atomic E-state index is -0.378. The number of nitrogens with zero attached hydrogens (tertiary/aromatic N) is 1. The van der Waals surface area contributed by atoms with E-state index in [0.29, 0.717) is 16.9 Å². The maximum Gasteiger partial charge on any atom is 0.131 e. The van der Waals surface area contributed by atoms with Crippen LogP contribution in [-0.2, 0) is 0 Å². The van der Waals surface area contributed by atoms with Crippen LogP contribution in [0.3, 0.4) is 0 Å². The smallest absolute Gasteiger partial charge is 0.131 e. The molecule has 0 N–H and O–H groups in total. The van der Waals surface area contributed by atoms with E-state index < -0.39 is 0 Å². The van der Waals surface area contributed by atoms with E-state index in [0.717, 1.165) is 0 Å². The monoisotopic (exact) mass is 193 g/mol. The molecule has 0 unspecified atom stereocenters. The van der Waals surface area contributed by atoms with Crippen LogP contribution in [0.5, 0.6) is 0 Å². The third-order valence-corrected chi connectivity index (χ3v) is 1.74. The van der Waals surface area contributed by atoms with Crippen molar-refractivity contribution in [2.45, 2.75) is 0 Å². The van der Waals surface area contributed by atoms with E-state index in [9.17, 15) is 4.39 Å². The number of hydrogen-bond acceptors (Lipinski definition) is 2. The molecule has 1 aromatic carbocycles. The molecule has 0 saturated heterocycles. The lowest BCUT2D eigenvalue weighted by atomic mass is 10.1. The quantitative estimate of drug-likeness (QED) is 0.717. The summed E-state index contributed by atoms with van der Waals surface area (Å²) >= 11 is 3.96. The van der Waals surface area contributed by atoms with Crippen LogP contribution in [0.15, 0.2) is 24.3 Å². The molecule has 66 valence electrons. The van der Waals surface area contributed by atoms with Gasteiger partial charge in [-0.05, 0) is 12.1 Å². The molecule has 0 heterocycles. The normalized spacial score (nSPS) is 10.2. The van der Waals surface area contributed by atoms with Gasteiger partial charge >= 0.3 is 0 Å². The molecule has 0 aliphatic carbocycles. The van der Waals surface area contributed by atoms with Crippen molar-refractivity contribution < 1.29 is 4.39 Å². The summed E-state index contributed by atoms with van der Waals surface area (Å²) in [6.07, 6.45) is 3.39. The first-order valence-corrected chi connectivity index (χ1v) is 4.38. The Labute approximate surface area is 81.9 Å². The van der Waals surface area contributed by atoms with Gasteiger partial charge in [0.05, 0.1) is 11.6 Å². The summed E-state index contributed by atoms with van der Waals surface area (Å²) in [5.41, 5.74) is 0.813. The van der Waals surface area contributed by atoms with E-state index in [1.807, 2.05) is 6.07 Å². The van der Waals surface area contributed by atoms with Gasteiger partial charge in [0.2, 0.25) is 0 Å². The largest absolute Gasteiger partial charge is 0.206 e. The van der Waals surface area contributed by atoms with Crippen molar-refractivity contribution in [3.63, 3.8) is 0 Å². The first-order valence-electron chi connectivity index (χ1n) is 3.75. The third-order valence-electron chi connectivity index (χ3n) is 1.53. The number of benzene rings is 1. The number of hydrogen-bond donors (Lipinski definition) is 1. The van der Waals surface area contributed by atoms with Crippen LogP contribution < -0.4 is 0 Å². The first kappa shape index (κ1) is 9.82. The fourth-order valence-electron chi connectivity index (χ4n) is 0.912. The molecule has 1 nitrogen and oxygen atoms in total. The van der Waals surface area contributed by atoms with Crippen LogP contribution in [0.25, 0.3) is 6.08 Å². The second-order valence-electron chi connectivity index (χ2n) is 2.43. The predicted octanol–water partition coefficient (Wildman–Crippen LogP) is 2.64. The highest BCUT2D eigenvalue weighted by molar-refractivity contribution is 7.80. The Kier molecular flexibility index (Phi) is 3.53. The third kappa shape index (κ3) is 2.60. The molecule has 0 radical (unpaired) electrons. The molecule has 0 atom stereocenters. The molecule has 0 aliphatic heterocycles. The van der Waals surface area contributed by atoms with Crippen molar-refractivity contribution in [2.75, 3.05) is 5.75 Å². The van der Waals surface area contributed by atoms with Gasteiger partial charge in [-0.25, -0.2) is 4.39 Å². The molecule has 0 aromatic heterocycles. The fourth-order valence-corrected chi connectivity index (χ4v) is 1.02. The second-order valence-corrected chi connectivity index (χ2v) is 2.80. The zero-order valence-electron chi connectivity index (χ0n) is 6.87. The number of halogens is 1. The molecule has 0 bridgehead atoms. The minimum Gasteiger partial charge on any atom is -0.206 e. The SMILES string of the molecule is N#Cc1ccc(C=CCS)c(F)c1. The van der Waals surface area contributed by atoms with Gasteiger partial charge in [0.1, 0.15) is 5.82 Å². The van der Waals surface area contributed by atoms with E-state index in [-0.39, 0.29) is 5.82 Å². The summed E-state index contributed by atoms with van der Waals surface area (Å²) in [4.78, 5) is 0. The average Bonchev–Trinajstić information content (AvgIpc) is 2.16. The van der Waals surface area contributed by atoms with Crippen molar-refractivity contribution in [1.82, 2.24) is 0 Å². The average molecular weight is 193 g/mol. The lowest BCUT2D eigenvalue weighted by Gasteiger charge is -1.96. The zero-order valence-corrected chi connectivity index (χ0v) is 7.76. The number of rotatable bonds is 2. The Bertz CT molecular complexity index is 366. The van der Waals surface area contributed by atoms with Crippen LogP contribution in [0.4, 0.5) is 4.39 Å². The van der Waals surface area contributed by atoms with Crippen LogP contribution in [0, 0.1) is 17.1 Å². The Balaban J connectivity index is 3.00. The first-order chi connectivity index (χ1) is 6.27. The van der Waals surface area contributed by atoms with Crippen LogP contribution in [-0.4, -0.2) is 5.75 Å². The molecule has 0 fully saturated rings. The standard InChI is InChI=1S/C10H8FNS/c11-10-6-8(7-12)3-4-9(10)2-1-5-13/h1-4,6,13H,5H2. The lowest BCUT2D eigenvalue weighted by molar-refractivity contribution is 0.624. The second kappa shape index (κ2) is 4.68. The summed E-state index contributed by atoms with van der Waals surface area (Å²) in [5.74, 6) is 0.191. The summed E-state index contributed by atoms with van der Waals surface area (Å²) < 4.78 is 13.1. The molecule has 0 aliphatic rings. The van der Waals surface area contributed by atoms with Gasteiger partial charge in [-0.3, -0.25) is 0 Å². The topological polar surface area (TPSA) is 23.8 Å². The van der Waals surface area contributed by atoms with Crippen molar-refractivity contribution in [2.24, 2.45) is 0 Å². The highest BCUT2D eigenvalue weighted by atomic mass is 32.1. The van der Waals surface area contributed by atoms with Crippen LogP contribution >= 0.6 is 12.6 Å². The maximum absolute atomic E-state index is 13.1. The van der Waals surface area contributed by atoms with Gasteiger partial charge in [0.25, 0.3) is 0 Å². The van der Waals surface area contributed by atoms with E-state index in [4.69, 9.17) is 5.26 Å². The van der Waals surface area contributed by atoms with Crippen LogP contribution in [0.2, 0.25) is 0 Å². The fraction of sp³-hybridized carbons (Fsp3) is 0.100. The Morgan fingerprint density at radius 1 is 1.54 bits per heavy atom. The summed E-state index contributed by atoms with van der Waals surface area (Å²) in [7, 11) is 0. The van der Waals surface area contributed by atoms with Crippen molar-refractivity contribution in [3.05, 3.63) is 41.2 Å². The minimum absolute atomic E-state index is 0.334. The number of thiol groups is 1. The molecule has 0 spiro atoms. The van der Waals surface area contributed by atoms with E-state index in [1.165, 1.54) is 6.07 Å². The van der Waals surface area contributed by atoms with Crippen molar-refractivity contribution in [3.8, 4) is 6.07 Å². The lowest BCUT2D eigenvalue weighted by Crippen LogP contribution is -1.83. The summed E-state index contributed by atoms with van der Waals surface area (Å²) in [5, 5.41) is 8.48. The van der Waals surface area contributed by atoms with Crippen LogP contribution in [0.1, 0.15) is 11.1 Å². The van der Waals surface area contributed by atoms with Gasteiger partial charge < -0.3 is 0 Å². The van der Waals surface area contributed by atoms with Gasteiger partial charge in [0.15, 0.2) is 0 Å². The molecular formula is C10H8FNS. The highest BCUT2D eigenvalue weighted by Crippen LogP contribution is 2.11. The van der Waals surface area contributed by atoms with Gasteiger partial charge in [-0.2, -0.15) is 17.9 Å². The molecule has 0 amide bonds.